The van der Waals surface area contributed by atoms with Crippen molar-refractivity contribution in [2.45, 2.75) is 6.61 Å². The molecule has 0 atom stereocenters. The van der Waals surface area contributed by atoms with Gasteiger partial charge in [-0.05, 0) is 30.3 Å². The number of nitrogens with zero attached hydrogens (tertiary/aromatic N) is 1. The van der Waals surface area contributed by atoms with Crippen molar-refractivity contribution in [2.24, 2.45) is 5.16 Å². The molecule has 0 heterocycles. The topological polar surface area (TPSA) is 40.0 Å². The Labute approximate surface area is 139 Å². The van der Waals surface area contributed by atoms with Gasteiger partial charge in [-0.3, -0.25) is 0 Å². The molecule has 6 heteroatoms. The Balaban J connectivity index is 2.07. The number of methoxy groups -OCH3 is 2. The Morgan fingerprint density at radius 3 is 2.41 bits per heavy atom. The van der Waals surface area contributed by atoms with Gasteiger partial charge in [0.2, 0.25) is 0 Å². The molecule has 0 aliphatic heterocycles. The molecule has 0 amide bonds. The maximum atomic E-state index is 6.06. The quantitative estimate of drug-likeness (QED) is 0.572. The summed E-state index contributed by atoms with van der Waals surface area (Å²) in [5.74, 6) is 1.38. The van der Waals surface area contributed by atoms with Crippen LogP contribution in [0.15, 0.2) is 41.6 Å². The van der Waals surface area contributed by atoms with Gasteiger partial charge >= 0.3 is 0 Å². The normalized spacial score (nSPS) is 10.7. The van der Waals surface area contributed by atoms with Gasteiger partial charge in [-0.15, -0.1) is 0 Å². The van der Waals surface area contributed by atoms with Gasteiger partial charge in [-0.25, -0.2) is 0 Å². The molecule has 0 saturated heterocycles. The summed E-state index contributed by atoms with van der Waals surface area (Å²) in [7, 11) is 3.18. The van der Waals surface area contributed by atoms with E-state index in [-0.39, 0.29) is 6.61 Å². The summed E-state index contributed by atoms with van der Waals surface area (Å²) in [4.78, 5) is 5.26. The summed E-state index contributed by atoms with van der Waals surface area (Å²) < 4.78 is 10.4. The van der Waals surface area contributed by atoms with Crippen molar-refractivity contribution in [3.8, 4) is 11.5 Å². The maximum absolute atomic E-state index is 6.06. The number of benzene rings is 2. The number of oxime groups is 1. The molecular weight excluding hydrogens is 325 g/mol. The van der Waals surface area contributed by atoms with E-state index in [1.807, 2.05) is 0 Å². The second-order valence-electron chi connectivity index (χ2n) is 4.32. The zero-order valence-corrected chi connectivity index (χ0v) is 13.7. The summed E-state index contributed by atoms with van der Waals surface area (Å²) in [5, 5.41) is 5.01. The highest BCUT2D eigenvalue weighted by atomic mass is 35.5. The fourth-order valence-corrected chi connectivity index (χ4v) is 2.31. The van der Waals surface area contributed by atoms with Crippen LogP contribution in [0.2, 0.25) is 10.0 Å². The molecule has 2 rings (SSSR count). The molecule has 0 aromatic heterocycles. The monoisotopic (exact) mass is 339 g/mol. The molecule has 2 aromatic rings. The Hall–Kier alpha value is -1.91. The van der Waals surface area contributed by atoms with E-state index >= 15 is 0 Å². The van der Waals surface area contributed by atoms with Gasteiger partial charge in [-0.2, -0.15) is 0 Å². The van der Waals surface area contributed by atoms with Gasteiger partial charge in [0, 0.05) is 21.2 Å². The lowest BCUT2D eigenvalue weighted by molar-refractivity contribution is 0.132. The minimum absolute atomic E-state index is 0.182. The average molecular weight is 340 g/mol. The van der Waals surface area contributed by atoms with E-state index in [2.05, 4.69) is 5.16 Å². The highest BCUT2D eigenvalue weighted by Gasteiger charge is 2.06. The van der Waals surface area contributed by atoms with Crippen LogP contribution in [0.3, 0.4) is 0 Å². The van der Waals surface area contributed by atoms with Crippen molar-refractivity contribution in [1.29, 1.82) is 0 Å². The largest absolute Gasteiger partial charge is 0.497 e. The van der Waals surface area contributed by atoms with E-state index in [9.17, 15) is 0 Å². The lowest BCUT2D eigenvalue weighted by Gasteiger charge is -2.07. The predicted molar refractivity (Wildman–Crippen MR) is 88.4 cm³/mol. The highest BCUT2D eigenvalue weighted by Crippen LogP contribution is 2.25. The molecule has 0 fully saturated rings. The summed E-state index contributed by atoms with van der Waals surface area (Å²) in [6.45, 7) is 0.182. The van der Waals surface area contributed by atoms with Crippen LogP contribution in [0.25, 0.3) is 0 Å². The molecule has 0 aliphatic rings. The molecule has 4 nitrogen and oxygen atoms in total. The van der Waals surface area contributed by atoms with Gasteiger partial charge in [0.15, 0.2) is 0 Å². The highest BCUT2D eigenvalue weighted by molar-refractivity contribution is 6.35. The van der Waals surface area contributed by atoms with Crippen LogP contribution in [-0.2, 0) is 11.4 Å². The first-order chi connectivity index (χ1) is 10.7. The van der Waals surface area contributed by atoms with Crippen LogP contribution in [0.1, 0.15) is 11.1 Å². The van der Waals surface area contributed by atoms with Crippen molar-refractivity contribution < 1.29 is 14.3 Å². The lowest BCUT2D eigenvalue weighted by atomic mass is 10.2. The minimum Gasteiger partial charge on any atom is -0.497 e. The van der Waals surface area contributed by atoms with E-state index in [1.54, 1.807) is 56.8 Å². The van der Waals surface area contributed by atoms with E-state index in [0.29, 0.717) is 27.1 Å². The van der Waals surface area contributed by atoms with Crippen LogP contribution in [-0.4, -0.2) is 20.4 Å². The van der Waals surface area contributed by atoms with Crippen LogP contribution in [0.4, 0.5) is 0 Å². The fraction of sp³-hybridized carbons (Fsp3) is 0.188. The van der Waals surface area contributed by atoms with Gasteiger partial charge in [0.1, 0.15) is 18.1 Å². The first-order valence-corrected chi connectivity index (χ1v) is 7.21. The lowest BCUT2D eigenvalue weighted by Crippen LogP contribution is -1.94. The molecule has 0 aliphatic carbocycles. The first kappa shape index (κ1) is 16.5. The Kier molecular flexibility index (Phi) is 5.92. The summed E-state index contributed by atoms with van der Waals surface area (Å²) >= 11 is 12.1. The standard InChI is InChI=1S/C16H15Cl2NO3/c1-20-12-6-7-16(21-2)11(8-12)9-19-22-10-13-14(17)4-3-5-15(13)18/h3-9H,10H2,1-2H3/b19-9+. The molecule has 0 spiro atoms. The Bertz CT molecular complexity index is 654. The number of ether oxygens (including phenoxy) is 2. The van der Waals surface area contributed by atoms with Crippen LogP contribution in [0, 0.1) is 0 Å². The molecule has 0 saturated carbocycles. The third-order valence-electron chi connectivity index (χ3n) is 2.97. The van der Waals surface area contributed by atoms with Gasteiger partial charge in [-0.1, -0.05) is 34.4 Å². The molecular formula is C16H15Cl2NO3. The fourth-order valence-electron chi connectivity index (χ4n) is 1.81. The first-order valence-electron chi connectivity index (χ1n) is 6.46. The zero-order chi connectivity index (χ0) is 15.9. The van der Waals surface area contributed by atoms with Crippen molar-refractivity contribution in [3.63, 3.8) is 0 Å². The van der Waals surface area contributed by atoms with Gasteiger partial charge in [0.05, 0.1) is 20.4 Å². The Morgan fingerprint density at radius 1 is 1.05 bits per heavy atom. The number of rotatable bonds is 6. The Morgan fingerprint density at radius 2 is 1.77 bits per heavy atom. The zero-order valence-electron chi connectivity index (χ0n) is 12.2. The average Bonchev–Trinajstić information content (AvgIpc) is 2.53. The molecule has 116 valence electrons. The van der Waals surface area contributed by atoms with Crippen molar-refractivity contribution >= 4 is 29.4 Å². The van der Waals surface area contributed by atoms with Crippen LogP contribution >= 0.6 is 23.2 Å². The number of halogens is 2. The van der Waals surface area contributed by atoms with E-state index < -0.39 is 0 Å². The molecule has 0 bridgehead atoms. The molecule has 0 unspecified atom stereocenters. The van der Waals surface area contributed by atoms with Crippen molar-refractivity contribution in [1.82, 2.24) is 0 Å². The molecule has 0 N–H and O–H groups in total. The van der Waals surface area contributed by atoms with Crippen molar-refractivity contribution in [3.05, 3.63) is 57.6 Å². The van der Waals surface area contributed by atoms with Gasteiger partial charge < -0.3 is 14.3 Å². The second kappa shape index (κ2) is 7.92. The van der Waals surface area contributed by atoms with E-state index in [0.717, 1.165) is 5.56 Å². The number of hydrogen-bond donors (Lipinski definition) is 0. The van der Waals surface area contributed by atoms with Crippen molar-refractivity contribution in [2.75, 3.05) is 14.2 Å². The maximum Gasteiger partial charge on any atom is 0.145 e. The van der Waals surface area contributed by atoms with Crippen LogP contribution < -0.4 is 9.47 Å². The third kappa shape index (κ3) is 4.06. The molecule has 2 aromatic carbocycles. The summed E-state index contributed by atoms with van der Waals surface area (Å²) in [6, 6.07) is 10.7. The summed E-state index contributed by atoms with van der Waals surface area (Å²) in [5.41, 5.74) is 1.44. The number of hydrogen-bond acceptors (Lipinski definition) is 4. The second-order valence-corrected chi connectivity index (χ2v) is 5.13. The smallest absolute Gasteiger partial charge is 0.145 e. The van der Waals surface area contributed by atoms with Gasteiger partial charge in [0.25, 0.3) is 0 Å². The minimum atomic E-state index is 0.182. The molecule has 22 heavy (non-hydrogen) atoms. The molecule has 0 radical (unpaired) electrons. The van der Waals surface area contributed by atoms with E-state index in [1.165, 1.54) is 0 Å². The SMILES string of the molecule is COc1ccc(OC)c(/C=N/OCc2c(Cl)cccc2Cl)c1. The predicted octanol–water partition coefficient (Wildman–Crippen LogP) is 4.56. The van der Waals surface area contributed by atoms with Crippen LogP contribution in [0.5, 0.6) is 11.5 Å². The van der Waals surface area contributed by atoms with E-state index in [4.69, 9.17) is 37.5 Å². The summed E-state index contributed by atoms with van der Waals surface area (Å²) in [6.07, 6.45) is 1.55. The third-order valence-corrected chi connectivity index (χ3v) is 3.68.